The van der Waals surface area contributed by atoms with Gasteiger partial charge in [0.15, 0.2) is 0 Å². The number of benzene rings is 2. The van der Waals surface area contributed by atoms with Crippen LogP contribution >= 0.6 is 11.6 Å². The number of hydrogen-bond acceptors (Lipinski definition) is 6. The van der Waals surface area contributed by atoms with Gasteiger partial charge in [-0.15, -0.1) is 0 Å². The van der Waals surface area contributed by atoms with Crippen molar-refractivity contribution in [2.24, 2.45) is 0 Å². The maximum absolute atomic E-state index is 6.14. The Morgan fingerprint density at radius 3 is 2.60 bits per heavy atom. The van der Waals surface area contributed by atoms with E-state index in [0.29, 0.717) is 5.02 Å². The van der Waals surface area contributed by atoms with E-state index in [1.807, 2.05) is 24.3 Å². The number of aromatic nitrogens is 2. The van der Waals surface area contributed by atoms with Crippen LogP contribution in [0, 0.1) is 13.8 Å². The Labute approximate surface area is 212 Å². The van der Waals surface area contributed by atoms with Crippen molar-refractivity contribution in [1.82, 2.24) is 14.9 Å². The van der Waals surface area contributed by atoms with Gasteiger partial charge in [-0.2, -0.15) is 0 Å². The van der Waals surface area contributed by atoms with E-state index in [1.165, 1.54) is 11.1 Å². The molecule has 35 heavy (non-hydrogen) atoms. The molecular weight excluding hydrogens is 456 g/mol. The van der Waals surface area contributed by atoms with Gasteiger partial charge >= 0.3 is 0 Å². The van der Waals surface area contributed by atoms with Crippen LogP contribution in [0.3, 0.4) is 0 Å². The van der Waals surface area contributed by atoms with Crippen LogP contribution in [-0.4, -0.2) is 48.1 Å². The number of pyridine rings is 2. The second kappa shape index (κ2) is 10.1. The molecule has 2 aromatic carbocycles. The maximum atomic E-state index is 6.14. The molecule has 0 amide bonds. The van der Waals surface area contributed by atoms with Crippen LogP contribution in [0.25, 0.3) is 10.9 Å². The van der Waals surface area contributed by atoms with Gasteiger partial charge < -0.3 is 20.4 Å². The fraction of sp³-hybridized carbons (Fsp3) is 0.286. The van der Waals surface area contributed by atoms with Crippen molar-refractivity contribution < 1.29 is 0 Å². The smallest absolute Gasteiger partial charge is 0.133 e. The number of fused-ring (bicyclic) bond motifs is 1. The first-order chi connectivity index (χ1) is 17.0. The summed E-state index contributed by atoms with van der Waals surface area (Å²) in [4.78, 5) is 14.1. The molecular formula is C28H31ClN6. The Hall–Kier alpha value is -3.35. The van der Waals surface area contributed by atoms with Crippen molar-refractivity contribution in [3.05, 3.63) is 82.6 Å². The molecule has 0 aliphatic carbocycles. The molecule has 1 fully saturated rings. The van der Waals surface area contributed by atoms with Gasteiger partial charge in [-0.05, 0) is 68.9 Å². The van der Waals surface area contributed by atoms with E-state index in [1.54, 1.807) is 6.20 Å². The van der Waals surface area contributed by atoms with Gasteiger partial charge in [0.05, 0.1) is 5.52 Å². The zero-order valence-electron chi connectivity index (χ0n) is 20.5. The SMILES string of the molecule is Cc1cc(NCc2cccc(Nc3ccnc4cc(Cl)ccc34)c2)c(C)c(N2CCN(C)CC2)n1. The lowest BCUT2D eigenvalue weighted by atomic mass is 10.1. The van der Waals surface area contributed by atoms with Crippen LogP contribution in [-0.2, 0) is 6.54 Å². The maximum Gasteiger partial charge on any atom is 0.133 e. The topological polar surface area (TPSA) is 56.3 Å². The molecule has 180 valence electrons. The molecule has 0 bridgehead atoms. The lowest BCUT2D eigenvalue weighted by Crippen LogP contribution is -2.45. The number of nitrogens with one attached hydrogen (secondary N) is 2. The summed E-state index contributed by atoms with van der Waals surface area (Å²) in [5.74, 6) is 1.10. The number of piperazine rings is 1. The fourth-order valence-corrected chi connectivity index (χ4v) is 4.74. The molecule has 1 saturated heterocycles. The third-order valence-corrected chi connectivity index (χ3v) is 6.81. The predicted octanol–water partition coefficient (Wildman–Crippen LogP) is 6.01. The molecule has 2 aromatic heterocycles. The quantitative estimate of drug-likeness (QED) is 0.348. The summed E-state index contributed by atoms with van der Waals surface area (Å²) in [5.41, 5.74) is 7.50. The second-order valence-corrected chi connectivity index (χ2v) is 9.69. The number of hydrogen-bond donors (Lipinski definition) is 2. The van der Waals surface area contributed by atoms with Gasteiger partial charge in [-0.25, -0.2) is 4.98 Å². The fourth-order valence-electron chi connectivity index (χ4n) is 4.57. The van der Waals surface area contributed by atoms with Crippen LogP contribution in [0.4, 0.5) is 22.9 Å². The van der Waals surface area contributed by atoms with Crippen LogP contribution < -0.4 is 15.5 Å². The van der Waals surface area contributed by atoms with Crippen molar-refractivity contribution in [1.29, 1.82) is 0 Å². The van der Waals surface area contributed by atoms with E-state index in [2.05, 4.69) is 76.6 Å². The molecule has 6 nitrogen and oxygen atoms in total. The molecule has 0 atom stereocenters. The zero-order chi connectivity index (χ0) is 24.4. The summed E-state index contributed by atoms with van der Waals surface area (Å²) in [5, 5.41) is 8.93. The molecule has 0 unspecified atom stereocenters. The lowest BCUT2D eigenvalue weighted by molar-refractivity contribution is 0.312. The van der Waals surface area contributed by atoms with Crippen LogP contribution in [0.1, 0.15) is 16.8 Å². The minimum Gasteiger partial charge on any atom is -0.381 e. The molecule has 3 heterocycles. The van der Waals surface area contributed by atoms with Gasteiger partial charge in [0.2, 0.25) is 0 Å². The number of anilines is 4. The van der Waals surface area contributed by atoms with Crippen LogP contribution in [0.15, 0.2) is 60.8 Å². The highest BCUT2D eigenvalue weighted by atomic mass is 35.5. The van der Waals surface area contributed by atoms with Crippen molar-refractivity contribution in [3.63, 3.8) is 0 Å². The summed E-state index contributed by atoms with van der Waals surface area (Å²) in [6.07, 6.45) is 1.80. The monoisotopic (exact) mass is 486 g/mol. The third kappa shape index (κ3) is 5.34. The molecule has 4 aromatic rings. The minimum absolute atomic E-state index is 0.688. The van der Waals surface area contributed by atoms with E-state index in [9.17, 15) is 0 Å². The van der Waals surface area contributed by atoms with Crippen molar-refractivity contribution in [3.8, 4) is 0 Å². The first-order valence-electron chi connectivity index (χ1n) is 12.0. The number of nitrogens with zero attached hydrogens (tertiary/aromatic N) is 4. The largest absolute Gasteiger partial charge is 0.381 e. The molecule has 7 heteroatoms. The molecule has 0 radical (unpaired) electrons. The summed E-state index contributed by atoms with van der Waals surface area (Å²) >= 11 is 6.14. The Kier molecular flexibility index (Phi) is 6.75. The first kappa shape index (κ1) is 23.4. The Bertz CT molecular complexity index is 1350. The highest BCUT2D eigenvalue weighted by Crippen LogP contribution is 2.29. The van der Waals surface area contributed by atoms with Gasteiger partial charge in [-0.3, -0.25) is 4.98 Å². The Morgan fingerprint density at radius 1 is 0.943 bits per heavy atom. The van der Waals surface area contributed by atoms with E-state index >= 15 is 0 Å². The normalized spacial score (nSPS) is 14.3. The lowest BCUT2D eigenvalue weighted by Gasteiger charge is -2.34. The highest BCUT2D eigenvalue weighted by molar-refractivity contribution is 6.31. The van der Waals surface area contributed by atoms with E-state index < -0.39 is 0 Å². The van der Waals surface area contributed by atoms with E-state index in [-0.39, 0.29) is 0 Å². The third-order valence-electron chi connectivity index (χ3n) is 6.57. The first-order valence-corrected chi connectivity index (χ1v) is 12.4. The standard InChI is InChI=1S/C28H31ClN6/c1-19-15-26(20(2)28(32-19)35-13-11-34(3)12-14-35)31-18-21-5-4-6-23(16-21)33-25-9-10-30-27-17-22(29)7-8-24(25)27/h4-10,15-17H,11-14,18H2,1-3H3,(H,30,33)(H,31,32). The van der Waals surface area contributed by atoms with Crippen LogP contribution in [0.2, 0.25) is 5.02 Å². The Balaban J connectivity index is 1.32. The van der Waals surface area contributed by atoms with Crippen molar-refractivity contribution >= 4 is 45.4 Å². The van der Waals surface area contributed by atoms with Gasteiger partial charge in [0, 0.05) is 77.6 Å². The second-order valence-electron chi connectivity index (χ2n) is 9.25. The summed E-state index contributed by atoms with van der Waals surface area (Å²) in [6, 6.07) is 18.4. The zero-order valence-corrected chi connectivity index (χ0v) is 21.2. The summed E-state index contributed by atoms with van der Waals surface area (Å²) < 4.78 is 0. The minimum atomic E-state index is 0.688. The number of likely N-dealkylation sites (N-methyl/N-ethyl adjacent to an activating group) is 1. The average molecular weight is 487 g/mol. The molecule has 0 saturated carbocycles. The van der Waals surface area contributed by atoms with Crippen molar-refractivity contribution in [2.75, 3.05) is 48.8 Å². The van der Waals surface area contributed by atoms with Gasteiger partial charge in [-0.1, -0.05) is 23.7 Å². The summed E-state index contributed by atoms with van der Waals surface area (Å²) in [6.45, 7) is 9.12. The van der Waals surface area contributed by atoms with E-state index in [0.717, 1.165) is 72.2 Å². The molecule has 0 spiro atoms. The Morgan fingerprint density at radius 2 is 1.77 bits per heavy atom. The van der Waals surface area contributed by atoms with Crippen LogP contribution in [0.5, 0.6) is 0 Å². The van der Waals surface area contributed by atoms with E-state index in [4.69, 9.17) is 16.6 Å². The predicted molar refractivity (Wildman–Crippen MR) is 147 cm³/mol. The van der Waals surface area contributed by atoms with Gasteiger partial charge in [0.1, 0.15) is 5.82 Å². The molecule has 2 N–H and O–H groups in total. The molecule has 1 aliphatic heterocycles. The molecule has 1 aliphatic rings. The molecule has 5 rings (SSSR count). The van der Waals surface area contributed by atoms with Crippen molar-refractivity contribution in [2.45, 2.75) is 20.4 Å². The number of aryl methyl sites for hydroxylation is 1. The number of halogens is 1. The summed E-state index contributed by atoms with van der Waals surface area (Å²) in [7, 11) is 2.18. The average Bonchev–Trinajstić information content (AvgIpc) is 2.85. The number of rotatable bonds is 6. The van der Waals surface area contributed by atoms with Gasteiger partial charge in [0.25, 0.3) is 0 Å². The highest BCUT2D eigenvalue weighted by Gasteiger charge is 2.19.